The lowest BCUT2D eigenvalue weighted by molar-refractivity contribution is -0.146. The Bertz CT molecular complexity index is 1660. The second kappa shape index (κ2) is 13.5. The molecule has 4 heterocycles. The van der Waals surface area contributed by atoms with Crippen LogP contribution in [0.3, 0.4) is 0 Å². The molecule has 2 N–H and O–H groups in total. The normalized spacial score (nSPS) is 24.2. The summed E-state index contributed by atoms with van der Waals surface area (Å²) < 4.78 is 13.5. The molecule has 2 saturated heterocycles. The molecule has 6 rings (SSSR count). The minimum Gasteiger partial charge on any atom is -0.469 e. The zero-order chi connectivity index (χ0) is 34.2. The van der Waals surface area contributed by atoms with E-state index in [9.17, 15) is 24.3 Å². The minimum absolute atomic E-state index is 0.0379. The van der Waals surface area contributed by atoms with Gasteiger partial charge in [-0.3, -0.25) is 19.1 Å². The molecule has 2 amide bonds. The summed E-state index contributed by atoms with van der Waals surface area (Å²) in [6, 6.07) is 15.4. The largest absolute Gasteiger partial charge is 0.469 e. The predicted molar refractivity (Wildman–Crippen MR) is 181 cm³/mol. The number of β-lactam (4-membered cyclic amide) rings is 1. The number of aliphatic hydroxyl groups excluding tert-OH is 1. The van der Waals surface area contributed by atoms with Crippen LogP contribution in [0, 0.1) is 5.92 Å². The summed E-state index contributed by atoms with van der Waals surface area (Å²) in [5, 5.41) is 18.8. The standard InChI is InChI=1S/C35H45N5O7Si/c1-23-33(48(3,4)45)30(15-18-38-21-28(36-37-38)26(22-41)24-10-6-5-7-11-24)47-35(23)27-20-25(39-19-16-31(39)42)13-14-29(27)40(34(35)44)17-9-8-12-32(43)46-2/h5-7,10-11,13-14,20-21,23,26,30,33,41,45H,8-9,12,15-19,22H2,1-4H3/t23-,26?,30+,33-,35+/m1/s1. The molecule has 2 aromatic carbocycles. The molecule has 3 aromatic rings. The molecule has 1 unspecified atom stereocenters. The van der Waals surface area contributed by atoms with Gasteiger partial charge in [-0.1, -0.05) is 42.5 Å². The van der Waals surface area contributed by atoms with Gasteiger partial charge in [-0.15, -0.1) is 5.10 Å². The Morgan fingerprint density at radius 3 is 2.56 bits per heavy atom. The maximum Gasteiger partial charge on any atom is 0.305 e. The zero-order valence-corrected chi connectivity index (χ0v) is 29.0. The number of carbonyl (C=O) groups excluding carboxylic acids is 3. The van der Waals surface area contributed by atoms with E-state index in [1.165, 1.54) is 7.11 Å². The van der Waals surface area contributed by atoms with E-state index >= 15 is 0 Å². The highest BCUT2D eigenvalue weighted by molar-refractivity contribution is 6.71. The fraction of sp³-hybridized carbons (Fsp3) is 0.514. The van der Waals surface area contributed by atoms with Crippen molar-refractivity contribution < 1.29 is 33.8 Å². The fourth-order valence-corrected chi connectivity index (χ4v) is 10.5. The molecule has 0 aliphatic carbocycles. The van der Waals surface area contributed by atoms with E-state index in [-0.39, 0.29) is 48.2 Å². The smallest absolute Gasteiger partial charge is 0.305 e. The fourth-order valence-electron chi connectivity index (χ4n) is 7.85. The van der Waals surface area contributed by atoms with E-state index in [2.05, 4.69) is 10.3 Å². The number of rotatable bonds is 13. The lowest BCUT2D eigenvalue weighted by atomic mass is 9.82. The van der Waals surface area contributed by atoms with Crippen molar-refractivity contribution in [1.82, 2.24) is 15.0 Å². The summed E-state index contributed by atoms with van der Waals surface area (Å²) in [5.74, 6) is -1.09. The zero-order valence-electron chi connectivity index (χ0n) is 28.0. The molecule has 0 bridgehead atoms. The minimum atomic E-state index is -2.90. The number of hydrogen-bond acceptors (Lipinski definition) is 9. The van der Waals surface area contributed by atoms with Gasteiger partial charge >= 0.3 is 5.97 Å². The van der Waals surface area contributed by atoms with Crippen LogP contribution in [0.25, 0.3) is 0 Å². The van der Waals surface area contributed by atoms with Crippen LogP contribution in [-0.4, -0.2) is 83.9 Å². The molecule has 13 heteroatoms. The number of amides is 2. The van der Waals surface area contributed by atoms with E-state index in [1.54, 1.807) is 14.5 Å². The van der Waals surface area contributed by atoms with Gasteiger partial charge in [-0.2, -0.15) is 0 Å². The third-order valence-corrected chi connectivity index (χ3v) is 12.8. The van der Waals surface area contributed by atoms with Gasteiger partial charge in [0.25, 0.3) is 5.91 Å². The van der Waals surface area contributed by atoms with E-state index < -0.39 is 20.0 Å². The van der Waals surface area contributed by atoms with Gasteiger partial charge in [0.05, 0.1) is 37.1 Å². The lowest BCUT2D eigenvalue weighted by Gasteiger charge is -2.33. The molecule has 0 saturated carbocycles. The topological polar surface area (TPSA) is 147 Å². The second-order valence-corrected chi connectivity index (χ2v) is 17.7. The van der Waals surface area contributed by atoms with Crippen LogP contribution in [-0.2, 0) is 36.0 Å². The van der Waals surface area contributed by atoms with E-state index in [0.29, 0.717) is 56.6 Å². The van der Waals surface area contributed by atoms with Crippen molar-refractivity contribution in [2.24, 2.45) is 5.92 Å². The van der Waals surface area contributed by atoms with Crippen molar-refractivity contribution >= 4 is 37.5 Å². The van der Waals surface area contributed by atoms with Crippen molar-refractivity contribution in [2.75, 3.05) is 36.6 Å². The van der Waals surface area contributed by atoms with Gasteiger partial charge in [0.1, 0.15) is 0 Å². The Kier molecular flexibility index (Phi) is 9.58. The van der Waals surface area contributed by atoms with Crippen LogP contribution in [0.1, 0.15) is 61.8 Å². The van der Waals surface area contributed by atoms with Crippen LogP contribution in [0.2, 0.25) is 18.6 Å². The number of ether oxygens (including phenoxy) is 2. The Morgan fingerprint density at radius 1 is 1.15 bits per heavy atom. The summed E-state index contributed by atoms with van der Waals surface area (Å²) in [4.78, 5) is 54.0. The van der Waals surface area contributed by atoms with Crippen LogP contribution in [0.5, 0.6) is 0 Å². The number of methoxy groups -OCH3 is 1. The Labute approximate surface area is 281 Å². The molecular weight excluding hydrogens is 630 g/mol. The van der Waals surface area contributed by atoms with Gasteiger partial charge in [-0.25, -0.2) is 0 Å². The second-order valence-electron chi connectivity index (χ2n) is 13.7. The average molecular weight is 676 g/mol. The molecular formula is C35H45N5O7Si. The number of carbonyl (C=O) groups is 3. The number of hydrogen-bond donors (Lipinski definition) is 2. The molecule has 5 atom stereocenters. The van der Waals surface area contributed by atoms with Crippen LogP contribution < -0.4 is 9.80 Å². The first kappa shape index (κ1) is 34.0. The van der Waals surface area contributed by atoms with Crippen molar-refractivity contribution in [3.8, 4) is 0 Å². The summed E-state index contributed by atoms with van der Waals surface area (Å²) in [5.41, 5.74) is 2.16. The number of benzene rings is 2. The van der Waals surface area contributed by atoms with Crippen LogP contribution in [0.15, 0.2) is 54.7 Å². The first-order valence-electron chi connectivity index (χ1n) is 16.8. The molecule has 12 nitrogen and oxygen atoms in total. The van der Waals surface area contributed by atoms with Crippen molar-refractivity contribution in [1.29, 1.82) is 0 Å². The summed E-state index contributed by atoms with van der Waals surface area (Å²) in [7, 11) is -1.53. The maximum absolute atomic E-state index is 14.7. The number of unbranched alkanes of at least 4 members (excludes halogenated alkanes) is 1. The van der Waals surface area contributed by atoms with Gasteiger partial charge in [0.15, 0.2) is 13.9 Å². The summed E-state index contributed by atoms with van der Waals surface area (Å²) in [6.07, 6.45) is 3.78. The molecule has 1 spiro atoms. The van der Waals surface area contributed by atoms with Crippen molar-refractivity contribution in [2.45, 2.75) is 81.8 Å². The summed E-state index contributed by atoms with van der Waals surface area (Å²) in [6.45, 7) is 7.13. The molecule has 1 aromatic heterocycles. The SMILES string of the molecule is COC(=O)CCCCN1C(=O)[C@@]2(O[C@@H](CCn3cc(C(CO)c4ccccc4)nn3)[C@H]([Si](C)(C)O)[C@H]2C)c2cc(N3CCC3=O)ccc21. The van der Waals surface area contributed by atoms with Gasteiger partial charge < -0.3 is 29.2 Å². The third kappa shape index (κ3) is 6.08. The molecule has 3 aliphatic rings. The predicted octanol–water partition coefficient (Wildman–Crippen LogP) is 3.72. The Hall–Kier alpha value is -3.91. The lowest BCUT2D eigenvalue weighted by Crippen LogP contribution is -2.46. The van der Waals surface area contributed by atoms with Crippen LogP contribution in [0.4, 0.5) is 11.4 Å². The third-order valence-electron chi connectivity index (χ3n) is 10.3. The average Bonchev–Trinajstić information content (AvgIpc) is 3.72. The molecule has 3 aliphatic heterocycles. The number of aryl methyl sites for hydroxylation is 1. The number of esters is 1. The van der Waals surface area contributed by atoms with Crippen LogP contribution >= 0.6 is 0 Å². The number of fused-ring (bicyclic) bond motifs is 2. The Balaban J connectivity index is 1.29. The first-order valence-corrected chi connectivity index (χ1v) is 19.8. The van der Waals surface area contributed by atoms with Gasteiger partial charge in [0.2, 0.25) is 5.91 Å². The number of aromatic nitrogens is 3. The molecule has 0 radical (unpaired) electrons. The van der Waals surface area contributed by atoms with E-state index in [0.717, 1.165) is 16.9 Å². The van der Waals surface area contributed by atoms with Gasteiger partial charge in [-0.05, 0) is 56.1 Å². The van der Waals surface area contributed by atoms with Crippen molar-refractivity contribution in [3.63, 3.8) is 0 Å². The number of anilines is 2. The highest BCUT2D eigenvalue weighted by Crippen LogP contribution is 2.60. The Morgan fingerprint density at radius 2 is 1.92 bits per heavy atom. The first-order chi connectivity index (χ1) is 23.0. The van der Waals surface area contributed by atoms with Crippen molar-refractivity contribution in [3.05, 3.63) is 71.5 Å². The number of nitrogens with zero attached hydrogens (tertiary/aromatic N) is 5. The monoisotopic (exact) mass is 675 g/mol. The highest BCUT2D eigenvalue weighted by Gasteiger charge is 2.66. The van der Waals surface area contributed by atoms with E-state index in [1.807, 2.05) is 74.7 Å². The number of aliphatic hydroxyl groups is 1. The molecule has 2 fully saturated rings. The van der Waals surface area contributed by atoms with Gasteiger partial charge in [0, 0.05) is 61.4 Å². The van der Waals surface area contributed by atoms with E-state index in [4.69, 9.17) is 9.47 Å². The molecule has 48 heavy (non-hydrogen) atoms. The quantitative estimate of drug-likeness (QED) is 0.120. The maximum atomic E-state index is 14.7. The molecule has 256 valence electrons. The highest BCUT2D eigenvalue weighted by atomic mass is 28.4. The summed E-state index contributed by atoms with van der Waals surface area (Å²) >= 11 is 0.